The zero-order valence-electron chi connectivity index (χ0n) is 17.8. The number of nitrogens with one attached hydrogen (secondary N) is 2. The maximum atomic E-state index is 12.1. The topological polar surface area (TPSA) is 81.3 Å². The molecule has 31 heavy (non-hydrogen) atoms. The molecule has 1 aromatic heterocycles. The first-order valence-corrected chi connectivity index (χ1v) is 12.8. The number of aromatic nitrogens is 2. The van der Waals surface area contributed by atoms with Crippen molar-refractivity contribution in [2.45, 2.75) is 38.3 Å². The molecule has 0 bridgehead atoms. The Labute approximate surface area is 183 Å². The van der Waals surface area contributed by atoms with Crippen molar-refractivity contribution >= 4 is 32.3 Å². The van der Waals surface area contributed by atoms with Gasteiger partial charge in [-0.3, -0.25) is 14.3 Å². The Balaban J connectivity index is 1.26. The number of piperidine rings is 1. The molecule has 0 unspecified atom stereocenters. The van der Waals surface area contributed by atoms with Crippen LogP contribution in [0.25, 0.3) is 10.9 Å². The second-order valence-corrected chi connectivity index (χ2v) is 10.7. The maximum absolute atomic E-state index is 12.1. The molecule has 7 nitrogen and oxygen atoms in total. The quantitative estimate of drug-likeness (QED) is 0.637. The summed E-state index contributed by atoms with van der Waals surface area (Å²) in [6, 6.07) is 13.0. The van der Waals surface area contributed by atoms with E-state index >= 15 is 0 Å². The monoisotopic (exact) mass is 439 g/mol. The predicted octanol–water partition coefficient (Wildman–Crippen LogP) is 3.35. The molecule has 1 atom stereocenters. The van der Waals surface area contributed by atoms with Crippen LogP contribution in [0.2, 0.25) is 0 Å². The van der Waals surface area contributed by atoms with Gasteiger partial charge < -0.3 is 5.32 Å². The Morgan fingerprint density at radius 3 is 2.94 bits per heavy atom. The zero-order chi connectivity index (χ0) is 21.4. The van der Waals surface area contributed by atoms with E-state index in [4.69, 9.17) is 0 Å². The maximum Gasteiger partial charge on any atom is 0.232 e. The van der Waals surface area contributed by atoms with Crippen molar-refractivity contribution in [1.29, 1.82) is 0 Å². The molecule has 0 aliphatic carbocycles. The number of aromatic amines is 1. The molecule has 0 saturated carbocycles. The lowest BCUT2D eigenvalue weighted by atomic mass is 9.99. The molecule has 0 radical (unpaired) electrons. The Morgan fingerprint density at radius 1 is 1.16 bits per heavy atom. The van der Waals surface area contributed by atoms with E-state index in [1.165, 1.54) is 18.2 Å². The minimum Gasteiger partial charge on any atom is -0.381 e. The van der Waals surface area contributed by atoms with Gasteiger partial charge in [0.15, 0.2) is 0 Å². The summed E-state index contributed by atoms with van der Waals surface area (Å²) in [4.78, 5) is 2.50. The Hall–Kier alpha value is -2.58. The molecule has 1 saturated heterocycles. The van der Waals surface area contributed by atoms with Crippen LogP contribution in [-0.4, -0.2) is 55.4 Å². The fourth-order valence-electron chi connectivity index (χ4n) is 4.90. The molecule has 0 spiro atoms. The van der Waals surface area contributed by atoms with Gasteiger partial charge in [-0.25, -0.2) is 8.42 Å². The normalized spacial score (nSPS) is 20.0. The van der Waals surface area contributed by atoms with E-state index in [9.17, 15) is 8.42 Å². The van der Waals surface area contributed by atoms with Gasteiger partial charge >= 0.3 is 0 Å². The van der Waals surface area contributed by atoms with Gasteiger partial charge in [0.2, 0.25) is 10.0 Å². The molecular weight excluding hydrogens is 410 g/mol. The van der Waals surface area contributed by atoms with Crippen molar-refractivity contribution < 1.29 is 8.42 Å². The lowest BCUT2D eigenvalue weighted by Crippen LogP contribution is -2.41. The standard InChI is InChI=1S/C23H29N5O2S/c1-31(29,30)28-11-2-4-18-12-17(6-9-23(18)28)15-27-10-3-5-21(16-27)25-20-7-8-22-19(13-20)14-24-26-22/h6-9,12-14,21,25H,2-5,10-11,15-16H2,1H3,(H,24,26)/t21-/m0/s1. The molecule has 2 aliphatic heterocycles. The highest BCUT2D eigenvalue weighted by Gasteiger charge is 2.25. The van der Waals surface area contributed by atoms with Crippen LogP contribution in [0.15, 0.2) is 42.6 Å². The molecule has 8 heteroatoms. The van der Waals surface area contributed by atoms with Crippen molar-refractivity contribution in [2.75, 3.05) is 35.5 Å². The Bertz CT molecular complexity index is 1190. The SMILES string of the molecule is CS(=O)(=O)N1CCCc2cc(CN3CCC[C@H](Nc4ccc5[nH]ncc5c4)C3)ccc21. The molecule has 2 N–H and O–H groups in total. The molecule has 1 fully saturated rings. The van der Waals surface area contributed by atoms with Gasteiger partial charge in [0.1, 0.15) is 0 Å². The summed E-state index contributed by atoms with van der Waals surface area (Å²) in [5.41, 5.74) is 5.45. The van der Waals surface area contributed by atoms with Crippen LogP contribution in [0.4, 0.5) is 11.4 Å². The first-order valence-electron chi connectivity index (χ1n) is 11.0. The van der Waals surface area contributed by atoms with Crippen molar-refractivity contribution in [3.63, 3.8) is 0 Å². The van der Waals surface area contributed by atoms with Crippen LogP contribution >= 0.6 is 0 Å². The predicted molar refractivity (Wildman–Crippen MR) is 125 cm³/mol. The van der Waals surface area contributed by atoms with Gasteiger partial charge in [0.25, 0.3) is 0 Å². The van der Waals surface area contributed by atoms with Crippen LogP contribution in [0, 0.1) is 0 Å². The number of anilines is 2. The van der Waals surface area contributed by atoms with Crippen LogP contribution in [-0.2, 0) is 23.0 Å². The highest BCUT2D eigenvalue weighted by Crippen LogP contribution is 2.30. The summed E-state index contributed by atoms with van der Waals surface area (Å²) in [5, 5.41) is 11.9. The van der Waals surface area contributed by atoms with E-state index < -0.39 is 10.0 Å². The highest BCUT2D eigenvalue weighted by atomic mass is 32.2. The molecule has 2 aliphatic rings. The summed E-state index contributed by atoms with van der Waals surface area (Å²) < 4.78 is 25.7. The summed E-state index contributed by atoms with van der Waals surface area (Å²) in [6.45, 7) is 3.56. The van der Waals surface area contributed by atoms with Crippen molar-refractivity contribution in [3.05, 3.63) is 53.7 Å². The molecular formula is C23H29N5O2S. The molecule has 3 aromatic rings. The number of aryl methyl sites for hydroxylation is 1. The molecule has 3 heterocycles. The summed E-state index contributed by atoms with van der Waals surface area (Å²) in [6.07, 6.45) is 7.29. The zero-order valence-corrected chi connectivity index (χ0v) is 18.7. The Morgan fingerprint density at radius 2 is 2.06 bits per heavy atom. The van der Waals surface area contributed by atoms with E-state index in [2.05, 4.69) is 50.7 Å². The third kappa shape index (κ3) is 4.41. The van der Waals surface area contributed by atoms with E-state index in [1.54, 1.807) is 4.31 Å². The van der Waals surface area contributed by atoms with Gasteiger partial charge in [-0.1, -0.05) is 12.1 Å². The average Bonchev–Trinajstić information content (AvgIpc) is 3.21. The molecule has 5 rings (SSSR count). The number of sulfonamides is 1. The van der Waals surface area contributed by atoms with Crippen molar-refractivity contribution in [1.82, 2.24) is 15.1 Å². The molecule has 2 aromatic carbocycles. The largest absolute Gasteiger partial charge is 0.381 e. The fourth-order valence-corrected chi connectivity index (χ4v) is 5.90. The lowest BCUT2D eigenvalue weighted by molar-refractivity contribution is 0.208. The average molecular weight is 440 g/mol. The minimum absolute atomic E-state index is 0.413. The second kappa shape index (κ2) is 8.16. The molecule has 0 amide bonds. The van der Waals surface area contributed by atoms with Crippen molar-refractivity contribution in [3.8, 4) is 0 Å². The number of nitrogens with zero attached hydrogens (tertiary/aromatic N) is 3. The van der Waals surface area contributed by atoms with E-state index in [0.29, 0.717) is 12.6 Å². The number of likely N-dealkylation sites (tertiary alicyclic amines) is 1. The number of fused-ring (bicyclic) bond motifs is 2. The third-order valence-corrected chi connectivity index (χ3v) is 7.52. The number of hydrogen-bond donors (Lipinski definition) is 2. The summed E-state index contributed by atoms with van der Waals surface area (Å²) in [7, 11) is -3.22. The van der Waals surface area contributed by atoms with Crippen LogP contribution in [0.1, 0.15) is 30.4 Å². The van der Waals surface area contributed by atoms with Gasteiger partial charge in [-0.2, -0.15) is 5.10 Å². The first kappa shape index (κ1) is 20.3. The smallest absolute Gasteiger partial charge is 0.232 e. The minimum atomic E-state index is -3.22. The number of H-pyrrole nitrogens is 1. The number of rotatable bonds is 5. The molecule has 164 valence electrons. The number of benzene rings is 2. The van der Waals surface area contributed by atoms with Crippen LogP contribution in [0.3, 0.4) is 0 Å². The van der Waals surface area contributed by atoms with Crippen LogP contribution in [0.5, 0.6) is 0 Å². The fraction of sp³-hybridized carbons (Fsp3) is 0.435. The van der Waals surface area contributed by atoms with E-state index in [1.807, 2.05) is 12.3 Å². The van der Waals surface area contributed by atoms with Gasteiger partial charge in [0.05, 0.1) is 23.7 Å². The van der Waals surface area contributed by atoms with Crippen molar-refractivity contribution in [2.24, 2.45) is 0 Å². The van der Waals surface area contributed by atoms with Crippen LogP contribution < -0.4 is 9.62 Å². The summed E-state index contributed by atoms with van der Waals surface area (Å²) >= 11 is 0. The summed E-state index contributed by atoms with van der Waals surface area (Å²) in [5.74, 6) is 0. The Kier molecular flexibility index (Phi) is 5.35. The van der Waals surface area contributed by atoms with E-state index in [0.717, 1.165) is 66.7 Å². The second-order valence-electron chi connectivity index (χ2n) is 8.79. The first-order chi connectivity index (χ1) is 15.0. The lowest BCUT2D eigenvalue weighted by Gasteiger charge is -2.34. The van der Waals surface area contributed by atoms with Gasteiger partial charge in [-0.15, -0.1) is 0 Å². The van der Waals surface area contributed by atoms with Gasteiger partial charge in [0, 0.05) is 36.7 Å². The third-order valence-electron chi connectivity index (χ3n) is 6.34. The highest BCUT2D eigenvalue weighted by molar-refractivity contribution is 7.92. The van der Waals surface area contributed by atoms with E-state index in [-0.39, 0.29) is 0 Å². The number of hydrogen-bond acceptors (Lipinski definition) is 5. The van der Waals surface area contributed by atoms with Gasteiger partial charge in [-0.05, 0) is 67.6 Å².